The van der Waals surface area contributed by atoms with E-state index in [0.29, 0.717) is 32.5 Å². The molecule has 0 bridgehead atoms. The summed E-state index contributed by atoms with van der Waals surface area (Å²) in [6.45, 7) is 4.57. The van der Waals surface area contributed by atoms with E-state index in [9.17, 15) is 33.6 Å². The molecule has 1 aromatic carbocycles. The first-order valence-corrected chi connectivity index (χ1v) is 21.2. The van der Waals surface area contributed by atoms with Gasteiger partial charge < -0.3 is 30.2 Å². The van der Waals surface area contributed by atoms with Crippen molar-refractivity contribution in [1.29, 1.82) is 0 Å². The Kier molecular flexibility index (Phi) is 18.5. The maximum Gasteiger partial charge on any atom is 0.239 e. The topological polar surface area (TPSA) is 188 Å². The summed E-state index contributed by atoms with van der Waals surface area (Å²) >= 11 is 0. The SMILES string of the molecule is CCCCC(NC(=O)CCC(=O)C(=O)C(CCC)CC(=O)[C@@H]1C[C@@H](OCOCCOC)CN1C(=O)C(CC(=O)C1(c2ccccc2)CC1)C1CCCCC1)C(N)=O. The van der Waals surface area contributed by atoms with Crippen LogP contribution < -0.4 is 11.1 Å². The van der Waals surface area contributed by atoms with Gasteiger partial charge in [-0.3, -0.25) is 33.6 Å². The number of carbonyl (C=O) groups is 7. The van der Waals surface area contributed by atoms with E-state index in [1.807, 2.05) is 44.2 Å². The van der Waals surface area contributed by atoms with Gasteiger partial charge in [-0.05, 0) is 50.0 Å². The van der Waals surface area contributed by atoms with Crippen LogP contribution in [0.3, 0.4) is 0 Å². The molecule has 57 heavy (non-hydrogen) atoms. The lowest BCUT2D eigenvalue weighted by Gasteiger charge is -2.35. The summed E-state index contributed by atoms with van der Waals surface area (Å²) in [5.41, 5.74) is 5.82. The first-order valence-electron chi connectivity index (χ1n) is 21.2. The Labute approximate surface area is 337 Å². The second kappa shape index (κ2) is 23.0. The molecule has 3 unspecified atom stereocenters. The van der Waals surface area contributed by atoms with Gasteiger partial charge in [-0.15, -0.1) is 0 Å². The number of primary amides is 1. The molecule has 0 aromatic heterocycles. The first-order chi connectivity index (χ1) is 27.4. The second-order valence-corrected chi connectivity index (χ2v) is 16.2. The highest BCUT2D eigenvalue weighted by molar-refractivity contribution is 6.38. The third kappa shape index (κ3) is 13.1. The van der Waals surface area contributed by atoms with Crippen LogP contribution in [-0.4, -0.2) is 97.6 Å². The number of Topliss-reactive ketones (excluding diaryl/α,β-unsaturated/α-hetero) is 4. The van der Waals surface area contributed by atoms with Gasteiger partial charge in [0.2, 0.25) is 23.5 Å². The number of unbranched alkanes of at least 4 members (excludes halogenated alkanes) is 1. The summed E-state index contributed by atoms with van der Waals surface area (Å²) < 4.78 is 16.6. The average Bonchev–Trinajstić information content (AvgIpc) is 3.93. The number of carbonyl (C=O) groups excluding carboxylic acids is 7. The molecule has 1 aliphatic heterocycles. The lowest BCUT2D eigenvalue weighted by Crippen LogP contribution is -2.47. The molecule has 1 aromatic rings. The minimum Gasteiger partial charge on any atom is -0.382 e. The fourth-order valence-electron chi connectivity index (χ4n) is 8.61. The third-order valence-corrected chi connectivity index (χ3v) is 12.1. The predicted octanol–water partition coefficient (Wildman–Crippen LogP) is 4.93. The number of nitrogens with one attached hydrogen (secondary N) is 1. The largest absolute Gasteiger partial charge is 0.382 e. The lowest BCUT2D eigenvalue weighted by atomic mass is 9.75. The number of hydrogen-bond donors (Lipinski definition) is 2. The number of rotatable bonds is 27. The van der Waals surface area contributed by atoms with Gasteiger partial charge in [0.25, 0.3) is 0 Å². The molecule has 1 saturated heterocycles. The van der Waals surface area contributed by atoms with Crippen molar-refractivity contribution in [2.75, 3.05) is 33.7 Å². The van der Waals surface area contributed by atoms with Gasteiger partial charge in [-0.2, -0.15) is 0 Å². The number of benzene rings is 1. The summed E-state index contributed by atoms with van der Waals surface area (Å²) in [5, 5.41) is 2.56. The number of nitrogens with zero attached hydrogens (tertiary/aromatic N) is 1. The number of hydrogen-bond acceptors (Lipinski definition) is 10. The Balaban J connectivity index is 1.50. The lowest BCUT2D eigenvalue weighted by molar-refractivity contribution is -0.146. The average molecular weight is 796 g/mol. The van der Waals surface area contributed by atoms with E-state index < -0.39 is 58.8 Å². The van der Waals surface area contributed by atoms with Crippen molar-refractivity contribution in [2.24, 2.45) is 23.5 Å². The van der Waals surface area contributed by atoms with Crippen LogP contribution in [0.25, 0.3) is 0 Å². The molecule has 0 radical (unpaired) electrons. The summed E-state index contributed by atoms with van der Waals surface area (Å²) in [6.07, 6.45) is 7.71. The Morgan fingerprint density at radius 2 is 1.63 bits per heavy atom. The zero-order chi connectivity index (χ0) is 41.4. The summed E-state index contributed by atoms with van der Waals surface area (Å²) in [5.74, 6) is -4.75. The van der Waals surface area contributed by atoms with Crippen LogP contribution in [0.5, 0.6) is 0 Å². The number of nitrogens with two attached hydrogens (primary N) is 1. The van der Waals surface area contributed by atoms with E-state index in [2.05, 4.69) is 5.32 Å². The number of ether oxygens (including phenoxy) is 3. The van der Waals surface area contributed by atoms with Crippen LogP contribution in [0.15, 0.2) is 30.3 Å². The van der Waals surface area contributed by atoms with Crippen molar-refractivity contribution in [3.63, 3.8) is 0 Å². The van der Waals surface area contributed by atoms with E-state index in [4.69, 9.17) is 19.9 Å². The molecule has 316 valence electrons. The van der Waals surface area contributed by atoms with Crippen LogP contribution >= 0.6 is 0 Å². The van der Waals surface area contributed by atoms with E-state index in [1.165, 1.54) is 0 Å². The molecular weight excluding hydrogens is 730 g/mol. The van der Waals surface area contributed by atoms with Gasteiger partial charge in [0.1, 0.15) is 18.6 Å². The molecule has 13 nitrogen and oxygen atoms in total. The van der Waals surface area contributed by atoms with Crippen LogP contribution in [0.1, 0.15) is 129 Å². The molecular formula is C44H65N3O10. The van der Waals surface area contributed by atoms with Gasteiger partial charge in [0.05, 0.1) is 30.8 Å². The zero-order valence-corrected chi connectivity index (χ0v) is 34.3. The molecule has 13 heteroatoms. The van der Waals surface area contributed by atoms with Crippen molar-refractivity contribution < 1.29 is 47.8 Å². The molecule has 3 fully saturated rings. The smallest absolute Gasteiger partial charge is 0.239 e. The standard InChI is InChI=1S/C44H65N3O10/c1-4-6-18-35(42(45)53)46-40(51)20-19-37(48)41(52)31(13-5-2)25-38(49)36-26-33(57-29-56-24-23-55-3)28-47(36)43(54)34(30-14-9-7-10-15-30)27-39(50)44(21-22-44)32-16-11-8-12-17-32/h8,11-12,16-17,30-31,33-36H,4-7,9-10,13-15,18-29H2,1-3H3,(H2,45,53)(H,46,51)/t31?,33-,34?,35?,36+/m1/s1. The van der Waals surface area contributed by atoms with Crippen molar-refractivity contribution in [1.82, 2.24) is 10.2 Å². The molecule has 1 heterocycles. The van der Waals surface area contributed by atoms with E-state index in [0.717, 1.165) is 56.9 Å². The first kappa shape index (κ1) is 45.9. The molecule has 5 atom stereocenters. The van der Waals surface area contributed by atoms with Crippen LogP contribution in [0.2, 0.25) is 0 Å². The molecule has 4 rings (SSSR count). The fraction of sp³-hybridized carbons (Fsp3) is 0.705. The molecule has 2 aliphatic carbocycles. The van der Waals surface area contributed by atoms with Gasteiger partial charge in [0.15, 0.2) is 11.6 Å². The minimum atomic E-state index is -0.924. The number of amides is 3. The predicted molar refractivity (Wildman–Crippen MR) is 213 cm³/mol. The van der Waals surface area contributed by atoms with E-state index in [-0.39, 0.29) is 75.3 Å². The zero-order valence-electron chi connectivity index (χ0n) is 34.3. The van der Waals surface area contributed by atoms with Crippen molar-refractivity contribution in [3.05, 3.63) is 35.9 Å². The summed E-state index contributed by atoms with van der Waals surface area (Å²) in [4.78, 5) is 96.0. The van der Waals surface area contributed by atoms with Crippen LogP contribution in [0.4, 0.5) is 0 Å². The van der Waals surface area contributed by atoms with Crippen LogP contribution in [-0.2, 0) is 53.2 Å². The molecule has 3 aliphatic rings. The molecule has 3 amide bonds. The monoisotopic (exact) mass is 795 g/mol. The molecule has 3 N–H and O–H groups in total. The Morgan fingerprint density at radius 1 is 0.912 bits per heavy atom. The molecule has 2 saturated carbocycles. The highest BCUT2D eigenvalue weighted by Crippen LogP contribution is 2.51. The summed E-state index contributed by atoms with van der Waals surface area (Å²) in [6, 6.07) is 7.99. The quantitative estimate of drug-likeness (QED) is 0.0702. The van der Waals surface area contributed by atoms with Gasteiger partial charge >= 0.3 is 0 Å². The van der Waals surface area contributed by atoms with E-state index in [1.54, 1.807) is 12.0 Å². The van der Waals surface area contributed by atoms with Gasteiger partial charge in [-0.1, -0.05) is 82.7 Å². The normalized spacial score (nSPS) is 20.6. The maximum atomic E-state index is 14.8. The third-order valence-electron chi connectivity index (χ3n) is 12.1. The van der Waals surface area contributed by atoms with Crippen LogP contribution in [0, 0.1) is 17.8 Å². The molecule has 0 spiro atoms. The maximum absolute atomic E-state index is 14.8. The van der Waals surface area contributed by atoms with Gasteiger partial charge in [-0.25, -0.2) is 0 Å². The number of ketones is 4. The second-order valence-electron chi connectivity index (χ2n) is 16.2. The number of likely N-dealkylation sites (tertiary alicyclic amines) is 1. The van der Waals surface area contributed by atoms with Crippen molar-refractivity contribution in [3.8, 4) is 0 Å². The van der Waals surface area contributed by atoms with E-state index >= 15 is 0 Å². The minimum absolute atomic E-state index is 0.00371. The highest BCUT2D eigenvalue weighted by Gasteiger charge is 2.53. The highest BCUT2D eigenvalue weighted by atomic mass is 16.7. The number of methoxy groups -OCH3 is 1. The Hall–Kier alpha value is -3.81. The Morgan fingerprint density at radius 3 is 2.26 bits per heavy atom. The van der Waals surface area contributed by atoms with Crippen molar-refractivity contribution >= 4 is 40.9 Å². The fourth-order valence-corrected chi connectivity index (χ4v) is 8.61. The van der Waals surface area contributed by atoms with Crippen molar-refractivity contribution in [2.45, 2.75) is 147 Å². The summed E-state index contributed by atoms with van der Waals surface area (Å²) in [7, 11) is 1.57. The van der Waals surface area contributed by atoms with Gasteiger partial charge in [0, 0.05) is 57.6 Å². The Bertz CT molecular complexity index is 1520.